The normalized spacial score (nSPS) is 32.7. The highest BCUT2D eigenvalue weighted by Crippen LogP contribution is 2.44. The largest absolute Gasteiger partial charge is 0.391 e. The highest BCUT2D eigenvalue weighted by atomic mass is 16.3. The van der Waals surface area contributed by atoms with E-state index in [9.17, 15) is 9.90 Å². The van der Waals surface area contributed by atoms with Gasteiger partial charge < -0.3 is 15.7 Å². The summed E-state index contributed by atoms with van der Waals surface area (Å²) in [6, 6.07) is 0.296. The van der Waals surface area contributed by atoms with Crippen molar-refractivity contribution < 1.29 is 9.90 Å². The summed E-state index contributed by atoms with van der Waals surface area (Å²) in [5.41, 5.74) is 0. The second kappa shape index (κ2) is 5.70. The highest BCUT2D eigenvalue weighted by molar-refractivity contribution is 5.74. The number of urea groups is 1. The molecule has 19 heavy (non-hydrogen) atoms. The molecule has 0 unspecified atom stereocenters. The number of carbonyl (C=O) groups excluding carboxylic acids is 1. The van der Waals surface area contributed by atoms with Crippen LogP contribution in [0.3, 0.4) is 0 Å². The molecule has 0 spiro atoms. The van der Waals surface area contributed by atoms with Gasteiger partial charge in [0, 0.05) is 12.6 Å². The van der Waals surface area contributed by atoms with Crippen LogP contribution in [0, 0.1) is 17.8 Å². The van der Waals surface area contributed by atoms with E-state index in [-0.39, 0.29) is 12.1 Å². The van der Waals surface area contributed by atoms with Crippen molar-refractivity contribution in [3.63, 3.8) is 0 Å². The predicted molar refractivity (Wildman–Crippen MR) is 73.7 cm³/mol. The number of aliphatic hydroxyl groups excluding tert-OH is 1. The smallest absolute Gasteiger partial charge is 0.315 e. The molecule has 4 nitrogen and oxygen atoms in total. The van der Waals surface area contributed by atoms with Gasteiger partial charge in [0.1, 0.15) is 0 Å². The van der Waals surface area contributed by atoms with E-state index in [2.05, 4.69) is 10.6 Å². The summed E-state index contributed by atoms with van der Waals surface area (Å²) in [7, 11) is 0. The molecule has 0 bridgehead atoms. The van der Waals surface area contributed by atoms with Crippen LogP contribution in [0.1, 0.15) is 51.4 Å². The van der Waals surface area contributed by atoms with Gasteiger partial charge in [0.2, 0.25) is 0 Å². The first-order valence-corrected chi connectivity index (χ1v) is 7.96. The molecule has 0 aromatic heterocycles. The number of nitrogens with one attached hydrogen (secondary N) is 2. The lowest BCUT2D eigenvalue weighted by Gasteiger charge is -2.21. The Hall–Kier alpha value is -0.770. The Bertz CT molecular complexity index is 324. The molecule has 0 radical (unpaired) electrons. The SMILES string of the molecule is O=C(NC[C@H](O)C1CC1)N[C@@H]1C[C@H]1C1CCCCC1. The third-order valence-electron chi connectivity index (χ3n) is 5.05. The van der Waals surface area contributed by atoms with Crippen molar-refractivity contribution >= 4 is 6.03 Å². The average molecular weight is 266 g/mol. The minimum atomic E-state index is -0.348. The van der Waals surface area contributed by atoms with Crippen LogP contribution < -0.4 is 10.6 Å². The molecule has 3 fully saturated rings. The maximum atomic E-state index is 11.7. The van der Waals surface area contributed by atoms with Gasteiger partial charge in [0.25, 0.3) is 0 Å². The van der Waals surface area contributed by atoms with Gasteiger partial charge in [-0.15, -0.1) is 0 Å². The zero-order valence-corrected chi connectivity index (χ0v) is 11.6. The van der Waals surface area contributed by atoms with Crippen molar-refractivity contribution in [1.29, 1.82) is 0 Å². The van der Waals surface area contributed by atoms with E-state index in [1.807, 2.05) is 0 Å². The zero-order valence-electron chi connectivity index (χ0n) is 11.6. The van der Waals surface area contributed by atoms with Crippen molar-refractivity contribution in [2.45, 2.75) is 63.5 Å². The molecule has 3 aliphatic rings. The van der Waals surface area contributed by atoms with Crippen LogP contribution in [0.2, 0.25) is 0 Å². The molecule has 0 aliphatic heterocycles. The molecule has 108 valence electrons. The minimum Gasteiger partial charge on any atom is -0.391 e. The van der Waals surface area contributed by atoms with Gasteiger partial charge in [0.15, 0.2) is 0 Å². The molecule has 3 N–H and O–H groups in total. The Kier molecular flexibility index (Phi) is 3.96. The van der Waals surface area contributed by atoms with Crippen LogP contribution >= 0.6 is 0 Å². The average Bonchev–Trinajstić information content (AvgIpc) is 3.30. The number of hydrogen-bond donors (Lipinski definition) is 3. The number of aliphatic hydroxyl groups is 1. The van der Waals surface area contributed by atoms with E-state index in [1.54, 1.807) is 0 Å². The van der Waals surface area contributed by atoms with E-state index in [0.29, 0.717) is 18.5 Å². The third-order valence-corrected chi connectivity index (χ3v) is 5.05. The fourth-order valence-electron chi connectivity index (χ4n) is 3.53. The van der Waals surface area contributed by atoms with E-state index in [0.717, 1.165) is 31.1 Å². The van der Waals surface area contributed by atoms with Crippen LogP contribution in [0.15, 0.2) is 0 Å². The second-order valence-corrected chi connectivity index (χ2v) is 6.66. The molecular formula is C15H26N2O2. The van der Waals surface area contributed by atoms with Crippen LogP contribution in [0.25, 0.3) is 0 Å². The Morgan fingerprint density at radius 2 is 1.89 bits per heavy atom. The summed E-state index contributed by atoms with van der Waals surface area (Å²) in [4.78, 5) is 11.7. The summed E-state index contributed by atoms with van der Waals surface area (Å²) < 4.78 is 0. The molecule has 0 aromatic carbocycles. The summed E-state index contributed by atoms with van der Waals surface area (Å²) >= 11 is 0. The Balaban J connectivity index is 1.32. The van der Waals surface area contributed by atoms with E-state index in [1.165, 1.54) is 32.1 Å². The standard InChI is InChI=1S/C15H26N2O2/c18-14(11-6-7-11)9-16-15(19)17-13-8-12(13)10-4-2-1-3-5-10/h10-14,18H,1-9H2,(H2,16,17,19)/t12-,13+,14-/m0/s1. The minimum absolute atomic E-state index is 0.0944. The highest BCUT2D eigenvalue weighted by Gasteiger charge is 2.43. The van der Waals surface area contributed by atoms with Gasteiger partial charge in [-0.25, -0.2) is 4.79 Å². The number of rotatable bonds is 5. The summed E-state index contributed by atoms with van der Waals surface area (Å²) in [6.07, 6.45) is 9.86. The fraction of sp³-hybridized carbons (Fsp3) is 0.933. The second-order valence-electron chi connectivity index (χ2n) is 6.66. The van der Waals surface area contributed by atoms with Crippen LogP contribution in [0.4, 0.5) is 4.79 Å². The maximum absolute atomic E-state index is 11.7. The predicted octanol–water partition coefficient (Wildman–Crippen LogP) is 2.03. The molecule has 4 heteroatoms. The lowest BCUT2D eigenvalue weighted by Crippen LogP contribution is -2.41. The van der Waals surface area contributed by atoms with Crippen molar-refractivity contribution in [2.24, 2.45) is 17.8 Å². The lowest BCUT2D eigenvalue weighted by atomic mass is 9.85. The number of carbonyl (C=O) groups is 1. The van der Waals surface area contributed by atoms with Gasteiger partial charge >= 0.3 is 6.03 Å². The van der Waals surface area contributed by atoms with Gasteiger partial charge in [-0.3, -0.25) is 0 Å². The van der Waals surface area contributed by atoms with Crippen molar-refractivity contribution in [3.8, 4) is 0 Å². The number of amides is 2. The van der Waals surface area contributed by atoms with Crippen LogP contribution in [-0.2, 0) is 0 Å². The van der Waals surface area contributed by atoms with Gasteiger partial charge in [0.05, 0.1) is 6.10 Å². The zero-order chi connectivity index (χ0) is 13.2. The van der Waals surface area contributed by atoms with Crippen molar-refractivity contribution in [1.82, 2.24) is 10.6 Å². The van der Waals surface area contributed by atoms with Gasteiger partial charge in [-0.2, -0.15) is 0 Å². The first kappa shape index (κ1) is 13.2. The molecular weight excluding hydrogens is 240 g/mol. The fourth-order valence-corrected chi connectivity index (χ4v) is 3.53. The van der Waals surface area contributed by atoms with E-state index < -0.39 is 0 Å². The molecule has 0 saturated heterocycles. The maximum Gasteiger partial charge on any atom is 0.315 e. The molecule has 3 aliphatic carbocycles. The van der Waals surface area contributed by atoms with Crippen molar-refractivity contribution in [2.75, 3.05) is 6.54 Å². The topological polar surface area (TPSA) is 61.4 Å². The van der Waals surface area contributed by atoms with Gasteiger partial charge in [-0.1, -0.05) is 32.1 Å². The first-order valence-electron chi connectivity index (χ1n) is 7.96. The summed E-state index contributed by atoms with van der Waals surface area (Å²) in [5, 5.41) is 15.6. The van der Waals surface area contributed by atoms with E-state index >= 15 is 0 Å². The van der Waals surface area contributed by atoms with E-state index in [4.69, 9.17) is 0 Å². The molecule has 3 atom stereocenters. The molecule has 0 heterocycles. The quantitative estimate of drug-likeness (QED) is 0.713. The Morgan fingerprint density at radius 1 is 1.16 bits per heavy atom. The van der Waals surface area contributed by atoms with Crippen LogP contribution in [0.5, 0.6) is 0 Å². The Morgan fingerprint density at radius 3 is 2.58 bits per heavy atom. The number of hydrogen-bond acceptors (Lipinski definition) is 2. The molecule has 2 amide bonds. The first-order chi connectivity index (χ1) is 9.24. The molecule has 0 aromatic rings. The summed E-state index contributed by atoms with van der Waals surface area (Å²) in [6.45, 7) is 0.400. The lowest BCUT2D eigenvalue weighted by molar-refractivity contribution is 0.149. The third kappa shape index (κ3) is 3.62. The van der Waals surface area contributed by atoms with Gasteiger partial charge in [-0.05, 0) is 37.0 Å². The monoisotopic (exact) mass is 266 g/mol. The summed E-state index contributed by atoms with van der Waals surface area (Å²) in [5.74, 6) is 1.99. The Labute approximate surface area is 115 Å². The van der Waals surface area contributed by atoms with Crippen LogP contribution in [-0.4, -0.2) is 29.8 Å². The molecule has 3 saturated carbocycles. The molecule has 3 rings (SSSR count). The van der Waals surface area contributed by atoms with Crippen molar-refractivity contribution in [3.05, 3.63) is 0 Å².